The van der Waals surface area contributed by atoms with Crippen molar-refractivity contribution >= 4 is 39.3 Å². The van der Waals surface area contributed by atoms with Gasteiger partial charge in [-0.1, -0.05) is 11.8 Å². The van der Waals surface area contributed by atoms with Gasteiger partial charge >= 0.3 is 0 Å². The lowest BCUT2D eigenvalue weighted by Crippen LogP contribution is -2.22. The second-order valence-electron chi connectivity index (χ2n) is 5.05. The molecule has 0 amide bonds. The maximum Gasteiger partial charge on any atom is 0.176 e. The molecule has 0 unspecified atom stereocenters. The van der Waals surface area contributed by atoms with Crippen molar-refractivity contribution in [2.75, 3.05) is 11.2 Å². The fraction of sp³-hybridized carbons (Fsp3) is 0.188. The molecule has 4 heterocycles. The molecule has 0 aromatic carbocycles. The van der Waals surface area contributed by atoms with Crippen LogP contribution in [0.5, 0.6) is 0 Å². The average Bonchev–Trinajstić information content (AvgIpc) is 3.34. The fourth-order valence-corrected chi connectivity index (χ4v) is 3.95. The molecule has 0 aliphatic heterocycles. The molecule has 0 aliphatic carbocycles. The highest BCUT2D eigenvalue weighted by molar-refractivity contribution is 8.00. The maximum atomic E-state index is 5.51. The Balaban J connectivity index is 1.75. The summed E-state index contributed by atoms with van der Waals surface area (Å²) in [6.45, 7) is 1.18. The van der Waals surface area contributed by atoms with E-state index in [0.717, 1.165) is 32.0 Å². The van der Waals surface area contributed by atoms with E-state index in [2.05, 4.69) is 19.9 Å². The molecule has 0 spiro atoms. The molecule has 0 bridgehead atoms. The van der Waals surface area contributed by atoms with Gasteiger partial charge in [0.25, 0.3) is 0 Å². The van der Waals surface area contributed by atoms with Crippen LogP contribution in [-0.4, -0.2) is 21.2 Å². The molecule has 24 heavy (non-hydrogen) atoms. The van der Waals surface area contributed by atoms with Crippen molar-refractivity contribution in [1.29, 1.82) is 0 Å². The van der Waals surface area contributed by atoms with Gasteiger partial charge < -0.3 is 13.7 Å². The molecule has 122 valence electrons. The number of rotatable bonds is 6. The summed E-state index contributed by atoms with van der Waals surface area (Å²) < 4.78 is 13.0. The van der Waals surface area contributed by atoms with Crippen LogP contribution in [0.4, 0.5) is 5.82 Å². The van der Waals surface area contributed by atoms with Crippen molar-refractivity contribution in [3.05, 3.63) is 54.6 Å². The number of hydrogen-bond donors (Lipinski definition) is 0. The standard InChI is InChI=1S/C16H14N4O2S2/c1-23-16-19-14-13(24-16)15(18-10-17-14)20(8-11-4-2-6-21-11)9-12-5-3-7-22-12/h2-7,10H,8-9H2,1H3. The van der Waals surface area contributed by atoms with Crippen LogP contribution < -0.4 is 4.90 Å². The van der Waals surface area contributed by atoms with Crippen LogP contribution in [0.25, 0.3) is 10.3 Å². The number of anilines is 1. The molecule has 0 N–H and O–H groups in total. The fourth-order valence-electron chi connectivity index (χ4n) is 2.42. The molecule has 8 heteroatoms. The highest BCUT2D eigenvalue weighted by Gasteiger charge is 2.18. The van der Waals surface area contributed by atoms with Gasteiger partial charge in [-0.15, -0.1) is 11.3 Å². The van der Waals surface area contributed by atoms with Crippen LogP contribution in [-0.2, 0) is 13.1 Å². The summed E-state index contributed by atoms with van der Waals surface area (Å²) in [5.41, 5.74) is 0.721. The van der Waals surface area contributed by atoms with Crippen molar-refractivity contribution < 1.29 is 8.83 Å². The van der Waals surface area contributed by atoms with Crippen LogP contribution in [0.2, 0.25) is 0 Å². The van der Waals surface area contributed by atoms with E-state index in [4.69, 9.17) is 8.83 Å². The first kappa shape index (κ1) is 15.2. The quantitative estimate of drug-likeness (QED) is 0.478. The molecule has 0 aliphatic rings. The summed E-state index contributed by atoms with van der Waals surface area (Å²) in [6, 6.07) is 7.67. The van der Waals surface area contributed by atoms with Gasteiger partial charge in [-0.25, -0.2) is 15.0 Å². The molecule has 0 saturated carbocycles. The number of nitrogens with zero attached hydrogens (tertiary/aromatic N) is 4. The van der Waals surface area contributed by atoms with E-state index in [9.17, 15) is 0 Å². The molecule has 4 aromatic rings. The largest absolute Gasteiger partial charge is 0.467 e. The van der Waals surface area contributed by atoms with Crippen LogP contribution in [0.15, 0.2) is 56.3 Å². The van der Waals surface area contributed by atoms with Crippen LogP contribution in [0.3, 0.4) is 0 Å². The maximum absolute atomic E-state index is 5.51. The Morgan fingerprint density at radius 3 is 2.38 bits per heavy atom. The molecular weight excluding hydrogens is 344 g/mol. The predicted molar refractivity (Wildman–Crippen MR) is 94.3 cm³/mol. The summed E-state index contributed by atoms with van der Waals surface area (Å²) in [6.07, 6.45) is 6.91. The Hall–Kier alpha value is -2.32. The summed E-state index contributed by atoms with van der Waals surface area (Å²) in [5.74, 6) is 2.57. The third-order valence-electron chi connectivity index (χ3n) is 3.48. The van der Waals surface area contributed by atoms with E-state index in [1.807, 2.05) is 30.5 Å². The minimum absolute atomic E-state index is 0.590. The van der Waals surface area contributed by atoms with Crippen molar-refractivity contribution in [2.45, 2.75) is 17.4 Å². The first-order chi connectivity index (χ1) is 11.8. The average molecular weight is 358 g/mol. The van der Waals surface area contributed by atoms with Gasteiger partial charge in [-0.3, -0.25) is 0 Å². The van der Waals surface area contributed by atoms with Gasteiger partial charge in [0.15, 0.2) is 15.8 Å². The Morgan fingerprint density at radius 1 is 1.08 bits per heavy atom. The van der Waals surface area contributed by atoms with Crippen LogP contribution in [0.1, 0.15) is 11.5 Å². The second kappa shape index (κ2) is 6.66. The second-order valence-corrected chi connectivity index (χ2v) is 7.10. The predicted octanol–water partition coefficient (Wildman–Crippen LogP) is 4.20. The molecule has 0 radical (unpaired) electrons. The lowest BCUT2D eigenvalue weighted by molar-refractivity contribution is 0.476. The Kier molecular flexibility index (Phi) is 4.22. The van der Waals surface area contributed by atoms with E-state index in [1.165, 1.54) is 0 Å². The van der Waals surface area contributed by atoms with E-state index in [1.54, 1.807) is 42.0 Å². The molecule has 0 saturated heterocycles. The number of fused-ring (bicyclic) bond motifs is 1. The summed E-state index contributed by atoms with van der Waals surface area (Å²) in [4.78, 5) is 15.4. The molecule has 4 rings (SSSR count). The minimum Gasteiger partial charge on any atom is -0.467 e. The van der Waals surface area contributed by atoms with Gasteiger partial charge in [0.1, 0.15) is 22.5 Å². The Labute approximate surface area is 146 Å². The lowest BCUT2D eigenvalue weighted by atomic mass is 10.3. The van der Waals surface area contributed by atoms with Crippen molar-refractivity contribution in [2.24, 2.45) is 0 Å². The zero-order valence-electron chi connectivity index (χ0n) is 12.9. The molecule has 0 atom stereocenters. The summed E-state index contributed by atoms with van der Waals surface area (Å²) in [7, 11) is 0. The van der Waals surface area contributed by atoms with Crippen molar-refractivity contribution in [3.8, 4) is 0 Å². The molecule has 4 aromatic heterocycles. The zero-order valence-corrected chi connectivity index (χ0v) is 14.5. The smallest absolute Gasteiger partial charge is 0.176 e. The first-order valence-corrected chi connectivity index (χ1v) is 9.33. The van der Waals surface area contributed by atoms with Crippen LogP contribution >= 0.6 is 23.1 Å². The normalized spacial score (nSPS) is 11.2. The highest BCUT2D eigenvalue weighted by Crippen LogP contribution is 2.34. The Bertz CT molecular complexity index is 883. The number of furan rings is 2. The monoisotopic (exact) mass is 358 g/mol. The topological polar surface area (TPSA) is 68.2 Å². The van der Waals surface area contributed by atoms with E-state index in [0.29, 0.717) is 13.1 Å². The van der Waals surface area contributed by atoms with Gasteiger partial charge in [0, 0.05) is 0 Å². The lowest BCUT2D eigenvalue weighted by Gasteiger charge is -2.21. The van der Waals surface area contributed by atoms with E-state index < -0.39 is 0 Å². The third kappa shape index (κ3) is 3.02. The molecular formula is C16H14N4O2S2. The van der Waals surface area contributed by atoms with Crippen molar-refractivity contribution in [1.82, 2.24) is 15.0 Å². The first-order valence-electron chi connectivity index (χ1n) is 7.28. The van der Waals surface area contributed by atoms with E-state index >= 15 is 0 Å². The SMILES string of the molecule is CSc1nc2ncnc(N(Cc3ccco3)Cc3ccco3)c2s1. The zero-order chi connectivity index (χ0) is 16.4. The van der Waals surface area contributed by atoms with E-state index in [-0.39, 0.29) is 0 Å². The molecule has 6 nitrogen and oxygen atoms in total. The summed E-state index contributed by atoms with van der Waals surface area (Å²) >= 11 is 3.21. The number of hydrogen-bond acceptors (Lipinski definition) is 8. The minimum atomic E-state index is 0.590. The number of thiazole rings is 1. The van der Waals surface area contributed by atoms with Gasteiger partial charge in [0.05, 0.1) is 25.6 Å². The highest BCUT2D eigenvalue weighted by atomic mass is 32.2. The van der Waals surface area contributed by atoms with Crippen LogP contribution in [0, 0.1) is 0 Å². The number of aromatic nitrogens is 3. The Morgan fingerprint density at radius 2 is 1.79 bits per heavy atom. The van der Waals surface area contributed by atoms with Gasteiger partial charge in [-0.2, -0.15) is 0 Å². The number of thioether (sulfide) groups is 1. The molecule has 0 fully saturated rings. The van der Waals surface area contributed by atoms with Gasteiger partial charge in [0.2, 0.25) is 0 Å². The van der Waals surface area contributed by atoms with Gasteiger partial charge in [-0.05, 0) is 30.5 Å². The third-order valence-corrected chi connectivity index (χ3v) is 5.51. The summed E-state index contributed by atoms with van der Waals surface area (Å²) in [5, 5.41) is 0. The van der Waals surface area contributed by atoms with Crippen molar-refractivity contribution in [3.63, 3.8) is 0 Å².